The molecule has 0 aliphatic carbocycles. The van der Waals surface area contributed by atoms with E-state index in [0.717, 1.165) is 6.54 Å². The zero-order chi connectivity index (χ0) is 9.84. The molecule has 0 saturated heterocycles. The average Bonchev–Trinajstić information content (AvgIpc) is 2.55. The molecule has 0 fully saturated rings. The SMILES string of the molecule is CC(C(=N)N)N(C)Cc1cccs1. The van der Waals surface area contributed by atoms with E-state index in [4.69, 9.17) is 11.1 Å². The molecule has 0 amide bonds. The van der Waals surface area contributed by atoms with Crippen molar-refractivity contribution in [1.82, 2.24) is 4.90 Å². The quantitative estimate of drug-likeness (QED) is 0.568. The number of nitrogens with one attached hydrogen (secondary N) is 1. The third-order valence-electron chi connectivity index (χ3n) is 2.10. The maximum atomic E-state index is 7.30. The first-order chi connectivity index (χ1) is 6.11. The number of likely N-dealkylation sites (N-methyl/N-ethyl adjacent to an activating group) is 1. The number of hydrogen-bond donors (Lipinski definition) is 2. The smallest absolute Gasteiger partial charge is 0.108 e. The van der Waals surface area contributed by atoms with E-state index < -0.39 is 0 Å². The Labute approximate surface area is 82.7 Å². The van der Waals surface area contributed by atoms with Crippen molar-refractivity contribution in [3.63, 3.8) is 0 Å². The molecule has 3 nitrogen and oxygen atoms in total. The molecule has 1 unspecified atom stereocenters. The van der Waals surface area contributed by atoms with Crippen LogP contribution in [0.1, 0.15) is 11.8 Å². The van der Waals surface area contributed by atoms with Crippen LogP contribution in [-0.2, 0) is 6.54 Å². The molecule has 0 aliphatic heterocycles. The van der Waals surface area contributed by atoms with Crippen molar-refractivity contribution in [2.75, 3.05) is 7.05 Å². The summed E-state index contributed by atoms with van der Waals surface area (Å²) in [6, 6.07) is 4.14. The van der Waals surface area contributed by atoms with E-state index in [0.29, 0.717) is 0 Å². The van der Waals surface area contributed by atoms with E-state index in [2.05, 4.69) is 16.3 Å². The van der Waals surface area contributed by atoms with Crippen molar-refractivity contribution >= 4 is 17.2 Å². The third-order valence-corrected chi connectivity index (χ3v) is 2.96. The van der Waals surface area contributed by atoms with Crippen molar-refractivity contribution in [2.45, 2.75) is 19.5 Å². The van der Waals surface area contributed by atoms with Crippen molar-refractivity contribution < 1.29 is 0 Å². The lowest BCUT2D eigenvalue weighted by Crippen LogP contribution is -2.39. The summed E-state index contributed by atoms with van der Waals surface area (Å²) in [6.45, 7) is 2.80. The molecule has 4 heteroatoms. The maximum Gasteiger partial charge on any atom is 0.108 e. The first kappa shape index (κ1) is 10.2. The Morgan fingerprint density at radius 1 is 1.77 bits per heavy atom. The van der Waals surface area contributed by atoms with Gasteiger partial charge in [-0.2, -0.15) is 0 Å². The fraction of sp³-hybridized carbons (Fsp3) is 0.444. The van der Waals surface area contributed by atoms with Gasteiger partial charge in [-0.15, -0.1) is 11.3 Å². The number of nitrogens with two attached hydrogens (primary N) is 1. The van der Waals surface area contributed by atoms with Gasteiger partial charge in [-0.3, -0.25) is 10.3 Å². The number of thiophene rings is 1. The van der Waals surface area contributed by atoms with E-state index in [1.807, 2.05) is 20.0 Å². The Morgan fingerprint density at radius 3 is 2.92 bits per heavy atom. The van der Waals surface area contributed by atoms with Crippen LogP contribution in [0.3, 0.4) is 0 Å². The fourth-order valence-corrected chi connectivity index (χ4v) is 1.79. The minimum absolute atomic E-state index is 0.0158. The fourth-order valence-electron chi connectivity index (χ4n) is 1.02. The number of rotatable bonds is 4. The van der Waals surface area contributed by atoms with Crippen LogP contribution in [0.2, 0.25) is 0 Å². The second-order valence-electron chi connectivity index (χ2n) is 3.13. The molecule has 72 valence electrons. The zero-order valence-electron chi connectivity index (χ0n) is 7.95. The number of amidine groups is 1. The summed E-state index contributed by atoms with van der Waals surface area (Å²) in [6.07, 6.45) is 0. The molecular formula is C9H15N3S. The standard InChI is InChI=1S/C9H15N3S/c1-7(9(10)11)12(2)6-8-4-3-5-13-8/h3-5,7H,6H2,1-2H3,(H3,10,11). The lowest BCUT2D eigenvalue weighted by atomic mass is 10.2. The normalized spacial score (nSPS) is 13.2. The van der Waals surface area contributed by atoms with Crippen LogP contribution in [-0.4, -0.2) is 23.8 Å². The highest BCUT2D eigenvalue weighted by atomic mass is 32.1. The highest BCUT2D eigenvalue weighted by Gasteiger charge is 2.11. The predicted molar refractivity (Wildman–Crippen MR) is 57.2 cm³/mol. The van der Waals surface area contributed by atoms with Gasteiger partial charge in [0.05, 0.1) is 6.04 Å². The number of hydrogen-bond acceptors (Lipinski definition) is 3. The third kappa shape index (κ3) is 2.82. The molecule has 1 atom stereocenters. The summed E-state index contributed by atoms with van der Waals surface area (Å²) < 4.78 is 0. The number of nitrogens with zero attached hydrogens (tertiary/aromatic N) is 1. The Hall–Kier alpha value is -0.870. The molecule has 13 heavy (non-hydrogen) atoms. The van der Waals surface area contributed by atoms with E-state index in [9.17, 15) is 0 Å². The van der Waals surface area contributed by atoms with Gasteiger partial charge in [-0.05, 0) is 25.4 Å². The molecule has 1 aromatic rings. The van der Waals surface area contributed by atoms with Gasteiger partial charge in [0.25, 0.3) is 0 Å². The first-order valence-corrected chi connectivity index (χ1v) is 5.05. The van der Waals surface area contributed by atoms with Gasteiger partial charge in [0.15, 0.2) is 0 Å². The lowest BCUT2D eigenvalue weighted by molar-refractivity contribution is 0.304. The highest BCUT2D eigenvalue weighted by molar-refractivity contribution is 7.09. The second kappa shape index (κ2) is 4.39. The van der Waals surface area contributed by atoms with Gasteiger partial charge in [0.2, 0.25) is 0 Å². The van der Waals surface area contributed by atoms with Crippen LogP contribution in [0, 0.1) is 5.41 Å². The van der Waals surface area contributed by atoms with Gasteiger partial charge in [-0.25, -0.2) is 0 Å². The van der Waals surface area contributed by atoms with E-state index in [-0.39, 0.29) is 11.9 Å². The predicted octanol–water partition coefficient (Wildman–Crippen LogP) is 1.50. The van der Waals surface area contributed by atoms with Gasteiger partial charge < -0.3 is 5.73 Å². The average molecular weight is 197 g/mol. The largest absolute Gasteiger partial charge is 0.386 e. The van der Waals surface area contributed by atoms with Crippen molar-refractivity contribution in [2.24, 2.45) is 5.73 Å². The summed E-state index contributed by atoms with van der Waals surface area (Å²) in [5, 5.41) is 9.36. The summed E-state index contributed by atoms with van der Waals surface area (Å²) in [4.78, 5) is 3.37. The Kier molecular flexibility index (Phi) is 3.45. The molecule has 0 saturated carbocycles. The van der Waals surface area contributed by atoms with Crippen molar-refractivity contribution in [1.29, 1.82) is 5.41 Å². The van der Waals surface area contributed by atoms with Crippen LogP contribution in [0.4, 0.5) is 0 Å². The van der Waals surface area contributed by atoms with Crippen LogP contribution >= 0.6 is 11.3 Å². The van der Waals surface area contributed by atoms with E-state index in [1.165, 1.54) is 4.88 Å². The van der Waals surface area contributed by atoms with Crippen LogP contribution < -0.4 is 5.73 Å². The highest BCUT2D eigenvalue weighted by Crippen LogP contribution is 2.12. The van der Waals surface area contributed by atoms with Gasteiger partial charge in [0, 0.05) is 11.4 Å². The molecule has 3 N–H and O–H groups in total. The molecular weight excluding hydrogens is 182 g/mol. The van der Waals surface area contributed by atoms with Crippen LogP contribution in [0.15, 0.2) is 17.5 Å². The molecule has 0 aromatic carbocycles. The molecule has 0 spiro atoms. The minimum Gasteiger partial charge on any atom is -0.386 e. The van der Waals surface area contributed by atoms with Crippen LogP contribution in [0.25, 0.3) is 0 Å². The second-order valence-corrected chi connectivity index (χ2v) is 4.16. The molecule has 0 bridgehead atoms. The van der Waals surface area contributed by atoms with Crippen molar-refractivity contribution in [3.8, 4) is 0 Å². The Balaban J connectivity index is 2.50. The monoisotopic (exact) mass is 197 g/mol. The zero-order valence-corrected chi connectivity index (χ0v) is 8.77. The minimum atomic E-state index is 0.0158. The maximum absolute atomic E-state index is 7.30. The molecule has 1 heterocycles. The van der Waals surface area contributed by atoms with Gasteiger partial charge in [0.1, 0.15) is 5.84 Å². The van der Waals surface area contributed by atoms with Gasteiger partial charge in [-0.1, -0.05) is 6.07 Å². The van der Waals surface area contributed by atoms with E-state index in [1.54, 1.807) is 11.3 Å². The Morgan fingerprint density at radius 2 is 2.46 bits per heavy atom. The van der Waals surface area contributed by atoms with Gasteiger partial charge >= 0.3 is 0 Å². The lowest BCUT2D eigenvalue weighted by Gasteiger charge is -2.22. The first-order valence-electron chi connectivity index (χ1n) is 4.18. The summed E-state index contributed by atoms with van der Waals surface area (Å²) >= 11 is 1.73. The topological polar surface area (TPSA) is 53.1 Å². The summed E-state index contributed by atoms with van der Waals surface area (Å²) in [5.74, 6) is 0.221. The Bertz CT molecular complexity index is 268. The summed E-state index contributed by atoms with van der Waals surface area (Å²) in [7, 11) is 1.98. The molecule has 1 aromatic heterocycles. The molecule has 1 rings (SSSR count). The molecule has 0 radical (unpaired) electrons. The van der Waals surface area contributed by atoms with E-state index >= 15 is 0 Å². The molecule has 0 aliphatic rings. The van der Waals surface area contributed by atoms with Crippen LogP contribution in [0.5, 0.6) is 0 Å². The van der Waals surface area contributed by atoms with Crippen molar-refractivity contribution in [3.05, 3.63) is 22.4 Å². The summed E-state index contributed by atoms with van der Waals surface area (Å²) in [5.41, 5.74) is 5.41.